The van der Waals surface area contributed by atoms with E-state index in [2.05, 4.69) is 6.58 Å². The zero-order valence-electron chi connectivity index (χ0n) is 8.69. The SMILES string of the molecule is C=C(C)Cn1cc([N+](=O)[O-])c(C)cc1=O. The largest absolute Gasteiger partial charge is 0.305 e. The molecule has 1 aromatic heterocycles. The van der Waals surface area contributed by atoms with E-state index in [0.29, 0.717) is 12.1 Å². The molecule has 1 heterocycles. The van der Waals surface area contributed by atoms with Crippen molar-refractivity contribution in [1.29, 1.82) is 0 Å². The Balaban J connectivity index is 3.29. The lowest BCUT2D eigenvalue weighted by molar-refractivity contribution is -0.385. The molecule has 5 nitrogen and oxygen atoms in total. The van der Waals surface area contributed by atoms with Crippen molar-refractivity contribution in [2.75, 3.05) is 0 Å². The summed E-state index contributed by atoms with van der Waals surface area (Å²) >= 11 is 0. The number of nitro groups is 1. The van der Waals surface area contributed by atoms with Gasteiger partial charge in [-0.2, -0.15) is 0 Å². The van der Waals surface area contributed by atoms with Crippen LogP contribution in [0.3, 0.4) is 0 Å². The van der Waals surface area contributed by atoms with E-state index in [-0.39, 0.29) is 11.2 Å². The van der Waals surface area contributed by atoms with Crippen molar-refractivity contribution in [2.24, 2.45) is 0 Å². The summed E-state index contributed by atoms with van der Waals surface area (Å²) in [5.74, 6) is 0. The van der Waals surface area contributed by atoms with Crippen LogP contribution in [-0.4, -0.2) is 9.49 Å². The van der Waals surface area contributed by atoms with Gasteiger partial charge in [0.1, 0.15) is 0 Å². The van der Waals surface area contributed by atoms with Crippen molar-refractivity contribution in [3.63, 3.8) is 0 Å². The fourth-order valence-electron chi connectivity index (χ4n) is 1.26. The van der Waals surface area contributed by atoms with Gasteiger partial charge >= 0.3 is 0 Å². The summed E-state index contributed by atoms with van der Waals surface area (Å²) in [6, 6.07) is 1.26. The normalized spacial score (nSPS) is 10.0. The average molecular weight is 208 g/mol. The van der Waals surface area contributed by atoms with E-state index in [4.69, 9.17) is 0 Å². The Hall–Kier alpha value is -1.91. The molecule has 0 saturated heterocycles. The molecule has 0 aliphatic rings. The molecule has 0 aliphatic carbocycles. The van der Waals surface area contributed by atoms with E-state index in [0.717, 1.165) is 5.57 Å². The first-order chi connectivity index (χ1) is 6.91. The molecule has 80 valence electrons. The van der Waals surface area contributed by atoms with Gasteiger partial charge in [0.15, 0.2) is 0 Å². The smallest absolute Gasteiger partial charge is 0.288 e. The van der Waals surface area contributed by atoms with Gasteiger partial charge in [0, 0.05) is 18.2 Å². The highest BCUT2D eigenvalue weighted by molar-refractivity contribution is 5.35. The monoisotopic (exact) mass is 208 g/mol. The second kappa shape index (κ2) is 4.08. The third kappa shape index (κ3) is 2.52. The standard InChI is InChI=1S/C10H12N2O3/c1-7(2)5-11-6-9(12(14)15)8(3)4-10(11)13/h4,6H,1,5H2,2-3H3. The molecule has 0 N–H and O–H groups in total. The van der Waals surface area contributed by atoms with Gasteiger partial charge in [0.05, 0.1) is 11.1 Å². The maximum Gasteiger partial charge on any atom is 0.288 e. The molecule has 15 heavy (non-hydrogen) atoms. The molecule has 0 unspecified atom stereocenters. The van der Waals surface area contributed by atoms with Crippen molar-refractivity contribution in [3.05, 3.63) is 50.4 Å². The predicted molar refractivity (Wildman–Crippen MR) is 56.9 cm³/mol. The number of aryl methyl sites for hydroxylation is 1. The molecule has 0 atom stereocenters. The molecular formula is C10H12N2O3. The van der Waals surface area contributed by atoms with Crippen LogP contribution in [0.15, 0.2) is 29.2 Å². The van der Waals surface area contributed by atoms with Crippen LogP contribution in [0.1, 0.15) is 12.5 Å². The van der Waals surface area contributed by atoms with Crippen LogP contribution in [0, 0.1) is 17.0 Å². The topological polar surface area (TPSA) is 65.1 Å². The highest BCUT2D eigenvalue weighted by atomic mass is 16.6. The molecule has 0 radical (unpaired) electrons. The Morgan fingerprint density at radius 1 is 1.67 bits per heavy atom. The molecule has 0 fully saturated rings. The zero-order valence-corrected chi connectivity index (χ0v) is 8.69. The van der Waals surface area contributed by atoms with E-state index in [1.807, 2.05) is 0 Å². The van der Waals surface area contributed by atoms with Crippen LogP contribution in [-0.2, 0) is 6.54 Å². The van der Waals surface area contributed by atoms with Crippen molar-refractivity contribution < 1.29 is 4.92 Å². The molecule has 5 heteroatoms. The maximum absolute atomic E-state index is 11.4. The summed E-state index contributed by atoms with van der Waals surface area (Å²) in [5.41, 5.74) is 0.857. The van der Waals surface area contributed by atoms with Gasteiger partial charge < -0.3 is 4.57 Å². The molecule has 0 bridgehead atoms. The lowest BCUT2D eigenvalue weighted by Gasteiger charge is -2.05. The fourth-order valence-corrected chi connectivity index (χ4v) is 1.26. The third-order valence-electron chi connectivity index (χ3n) is 1.94. The summed E-state index contributed by atoms with van der Waals surface area (Å²) in [4.78, 5) is 21.6. The van der Waals surface area contributed by atoms with Crippen molar-refractivity contribution in [2.45, 2.75) is 20.4 Å². The van der Waals surface area contributed by atoms with E-state index in [1.54, 1.807) is 13.8 Å². The highest BCUT2D eigenvalue weighted by Crippen LogP contribution is 2.14. The summed E-state index contributed by atoms with van der Waals surface area (Å²) in [6.45, 7) is 7.27. The minimum atomic E-state index is -0.496. The first-order valence-electron chi connectivity index (χ1n) is 4.41. The molecule has 1 aromatic rings. The van der Waals surface area contributed by atoms with Crippen LogP contribution in [0.4, 0.5) is 5.69 Å². The van der Waals surface area contributed by atoms with Crippen molar-refractivity contribution in [1.82, 2.24) is 4.57 Å². The Labute approximate surface area is 86.8 Å². The number of hydrogen-bond donors (Lipinski definition) is 0. The Kier molecular flexibility index (Phi) is 3.04. The lowest BCUT2D eigenvalue weighted by Crippen LogP contribution is -2.20. The van der Waals surface area contributed by atoms with E-state index >= 15 is 0 Å². The Morgan fingerprint density at radius 2 is 2.27 bits per heavy atom. The third-order valence-corrected chi connectivity index (χ3v) is 1.94. The molecule has 0 saturated carbocycles. The summed E-state index contributed by atoms with van der Waals surface area (Å²) < 4.78 is 1.29. The molecule has 0 spiro atoms. The maximum atomic E-state index is 11.4. The molecule has 0 aliphatic heterocycles. The number of hydrogen-bond acceptors (Lipinski definition) is 3. The van der Waals surface area contributed by atoms with Gasteiger partial charge in [-0.3, -0.25) is 14.9 Å². The fraction of sp³-hybridized carbons (Fsp3) is 0.300. The first-order valence-corrected chi connectivity index (χ1v) is 4.41. The molecule has 0 aromatic carbocycles. The van der Waals surface area contributed by atoms with Crippen LogP contribution in [0.5, 0.6) is 0 Å². The Bertz CT molecular complexity index is 474. The van der Waals surface area contributed by atoms with Crippen LogP contribution >= 0.6 is 0 Å². The van der Waals surface area contributed by atoms with Gasteiger partial charge in [-0.25, -0.2) is 0 Å². The van der Waals surface area contributed by atoms with Crippen LogP contribution in [0.25, 0.3) is 0 Å². The second-order valence-corrected chi connectivity index (χ2v) is 3.52. The van der Waals surface area contributed by atoms with E-state index < -0.39 is 4.92 Å². The predicted octanol–water partition coefficient (Wildman–Crippen LogP) is 1.64. The molecule has 0 amide bonds. The van der Waals surface area contributed by atoms with Crippen LogP contribution < -0.4 is 5.56 Å². The average Bonchev–Trinajstić information content (AvgIpc) is 2.08. The number of aromatic nitrogens is 1. The summed E-state index contributed by atoms with van der Waals surface area (Å²) in [5, 5.41) is 10.6. The number of pyridine rings is 1. The van der Waals surface area contributed by atoms with Gasteiger partial charge in [-0.05, 0) is 13.8 Å². The zero-order chi connectivity index (χ0) is 11.6. The van der Waals surface area contributed by atoms with Crippen molar-refractivity contribution in [3.8, 4) is 0 Å². The number of nitrogens with zero attached hydrogens (tertiary/aromatic N) is 2. The molecular weight excluding hydrogens is 196 g/mol. The molecule has 1 rings (SSSR count). The van der Waals surface area contributed by atoms with Gasteiger partial charge in [-0.15, -0.1) is 0 Å². The van der Waals surface area contributed by atoms with Gasteiger partial charge in [0.2, 0.25) is 0 Å². The quantitative estimate of drug-likeness (QED) is 0.431. The number of allylic oxidation sites excluding steroid dienone is 1. The minimum Gasteiger partial charge on any atom is -0.305 e. The van der Waals surface area contributed by atoms with Crippen LogP contribution in [0.2, 0.25) is 0 Å². The van der Waals surface area contributed by atoms with Gasteiger partial charge in [-0.1, -0.05) is 12.2 Å². The van der Waals surface area contributed by atoms with E-state index in [1.165, 1.54) is 16.8 Å². The minimum absolute atomic E-state index is 0.0455. The highest BCUT2D eigenvalue weighted by Gasteiger charge is 2.12. The summed E-state index contributed by atoms with van der Waals surface area (Å²) in [7, 11) is 0. The van der Waals surface area contributed by atoms with Crippen molar-refractivity contribution >= 4 is 5.69 Å². The Morgan fingerprint density at radius 3 is 2.73 bits per heavy atom. The second-order valence-electron chi connectivity index (χ2n) is 3.52. The first kappa shape index (κ1) is 11.2. The number of rotatable bonds is 3. The lowest BCUT2D eigenvalue weighted by atomic mass is 10.2. The van der Waals surface area contributed by atoms with E-state index in [9.17, 15) is 14.9 Å². The summed E-state index contributed by atoms with van der Waals surface area (Å²) in [6.07, 6.45) is 1.26. The van der Waals surface area contributed by atoms with Gasteiger partial charge in [0.25, 0.3) is 11.2 Å².